The van der Waals surface area contributed by atoms with Gasteiger partial charge in [0.25, 0.3) is 5.91 Å². The zero-order valence-electron chi connectivity index (χ0n) is 15.6. The van der Waals surface area contributed by atoms with Crippen molar-refractivity contribution in [2.75, 3.05) is 19.5 Å². The smallest absolute Gasteiger partial charge is 0.251 e. The number of carbonyl (C=O) groups is 2. The Morgan fingerprint density at radius 2 is 1.93 bits per heavy atom. The van der Waals surface area contributed by atoms with Crippen molar-refractivity contribution in [1.29, 1.82) is 0 Å². The van der Waals surface area contributed by atoms with Crippen LogP contribution in [0.4, 0.5) is 0 Å². The van der Waals surface area contributed by atoms with Crippen LogP contribution in [0.1, 0.15) is 33.8 Å². The van der Waals surface area contributed by atoms with Crippen molar-refractivity contribution < 1.29 is 14.3 Å². The van der Waals surface area contributed by atoms with E-state index >= 15 is 0 Å². The molecule has 142 valence electrons. The Balaban J connectivity index is 1.70. The normalized spacial score (nSPS) is 17.8. The first-order valence-corrected chi connectivity index (χ1v) is 9.98. The molecule has 3 rings (SSSR count). The van der Waals surface area contributed by atoms with Gasteiger partial charge < -0.3 is 15.0 Å². The Kier molecular flexibility index (Phi) is 6.53. The van der Waals surface area contributed by atoms with Crippen LogP contribution < -0.4 is 5.32 Å². The van der Waals surface area contributed by atoms with Gasteiger partial charge in [0.05, 0.1) is 12.4 Å². The van der Waals surface area contributed by atoms with E-state index in [0.717, 1.165) is 11.1 Å². The topological polar surface area (TPSA) is 58.6 Å². The average Bonchev–Trinajstić information content (AvgIpc) is 3.03. The standard InChI is InChI=1S/C21H24N2O3S/c1-15(13-26-2)22-20(25)17-8-10-18(11-9-17)21-23(19(24)14-27-21)12-16-6-4-3-5-7-16/h3-11,15,21H,12-14H2,1-2H3,(H,22,25)/t15-,21-/m1/s1. The van der Waals surface area contributed by atoms with E-state index < -0.39 is 0 Å². The van der Waals surface area contributed by atoms with E-state index in [4.69, 9.17) is 4.74 Å². The first-order chi connectivity index (χ1) is 13.1. The van der Waals surface area contributed by atoms with Crippen molar-refractivity contribution in [2.45, 2.75) is 24.9 Å². The van der Waals surface area contributed by atoms with Crippen molar-refractivity contribution in [3.05, 3.63) is 71.3 Å². The summed E-state index contributed by atoms with van der Waals surface area (Å²) < 4.78 is 5.04. The maximum absolute atomic E-state index is 12.3. The van der Waals surface area contributed by atoms with Gasteiger partial charge in [0.15, 0.2) is 0 Å². The summed E-state index contributed by atoms with van der Waals surface area (Å²) in [4.78, 5) is 26.5. The Morgan fingerprint density at radius 3 is 2.59 bits per heavy atom. The lowest BCUT2D eigenvalue weighted by Gasteiger charge is -2.24. The van der Waals surface area contributed by atoms with Gasteiger partial charge in [-0.1, -0.05) is 42.5 Å². The largest absolute Gasteiger partial charge is 0.383 e. The second kappa shape index (κ2) is 9.06. The van der Waals surface area contributed by atoms with Crippen molar-refractivity contribution in [1.82, 2.24) is 10.2 Å². The highest BCUT2D eigenvalue weighted by Gasteiger charge is 2.32. The molecule has 1 aliphatic rings. The molecule has 6 heteroatoms. The Morgan fingerprint density at radius 1 is 1.22 bits per heavy atom. The summed E-state index contributed by atoms with van der Waals surface area (Å²) >= 11 is 1.62. The molecular weight excluding hydrogens is 360 g/mol. The number of benzene rings is 2. The molecule has 2 aromatic rings. The van der Waals surface area contributed by atoms with Crippen LogP contribution in [0.25, 0.3) is 0 Å². The summed E-state index contributed by atoms with van der Waals surface area (Å²) in [5, 5.41) is 2.88. The summed E-state index contributed by atoms with van der Waals surface area (Å²) in [5.74, 6) is 0.500. The highest BCUT2D eigenvalue weighted by molar-refractivity contribution is 8.00. The molecule has 2 aromatic carbocycles. The summed E-state index contributed by atoms with van der Waals surface area (Å²) in [6, 6.07) is 17.4. The molecule has 1 aliphatic heterocycles. The molecule has 2 atom stereocenters. The third-order valence-electron chi connectivity index (χ3n) is 4.42. The van der Waals surface area contributed by atoms with Crippen molar-refractivity contribution in [3.63, 3.8) is 0 Å². The third-order valence-corrected chi connectivity index (χ3v) is 5.67. The van der Waals surface area contributed by atoms with E-state index in [0.29, 0.717) is 24.5 Å². The van der Waals surface area contributed by atoms with Crippen LogP contribution in [0.5, 0.6) is 0 Å². The first-order valence-electron chi connectivity index (χ1n) is 8.93. The second-order valence-corrected chi connectivity index (χ2v) is 7.69. The highest BCUT2D eigenvalue weighted by atomic mass is 32.2. The molecule has 0 aromatic heterocycles. The zero-order valence-corrected chi connectivity index (χ0v) is 16.4. The minimum absolute atomic E-state index is 0.0257. The Hall–Kier alpha value is -2.31. The lowest BCUT2D eigenvalue weighted by molar-refractivity contribution is -0.128. The second-order valence-electron chi connectivity index (χ2n) is 6.62. The van der Waals surface area contributed by atoms with E-state index in [-0.39, 0.29) is 23.2 Å². The van der Waals surface area contributed by atoms with Crippen LogP contribution in [0, 0.1) is 0 Å². The van der Waals surface area contributed by atoms with Gasteiger partial charge in [0, 0.05) is 25.3 Å². The van der Waals surface area contributed by atoms with Crippen molar-refractivity contribution in [2.24, 2.45) is 0 Å². The van der Waals surface area contributed by atoms with Gasteiger partial charge >= 0.3 is 0 Å². The van der Waals surface area contributed by atoms with Gasteiger partial charge in [-0.3, -0.25) is 9.59 Å². The zero-order chi connectivity index (χ0) is 19.2. The van der Waals surface area contributed by atoms with E-state index in [1.807, 2.05) is 66.4 Å². The molecule has 5 nitrogen and oxygen atoms in total. The number of methoxy groups -OCH3 is 1. The molecule has 0 bridgehead atoms. The predicted octanol–water partition coefficient (Wildman–Crippen LogP) is 3.23. The molecule has 0 spiro atoms. The van der Waals surface area contributed by atoms with Crippen LogP contribution in [0.2, 0.25) is 0 Å². The Labute approximate surface area is 164 Å². The highest BCUT2D eigenvalue weighted by Crippen LogP contribution is 2.39. The number of carbonyl (C=O) groups excluding carboxylic acids is 2. The van der Waals surface area contributed by atoms with Crippen LogP contribution in [0.3, 0.4) is 0 Å². The van der Waals surface area contributed by atoms with Crippen molar-refractivity contribution in [3.8, 4) is 0 Å². The summed E-state index contributed by atoms with van der Waals surface area (Å²) in [7, 11) is 1.61. The minimum atomic E-state index is -0.123. The number of thioether (sulfide) groups is 1. The number of ether oxygens (including phenoxy) is 1. The van der Waals surface area contributed by atoms with Crippen molar-refractivity contribution >= 4 is 23.6 Å². The number of nitrogens with zero attached hydrogens (tertiary/aromatic N) is 1. The van der Waals surface area contributed by atoms with Gasteiger partial charge in [0.1, 0.15) is 5.37 Å². The number of hydrogen-bond donors (Lipinski definition) is 1. The van der Waals surface area contributed by atoms with E-state index in [1.165, 1.54) is 0 Å². The summed E-state index contributed by atoms with van der Waals surface area (Å²) in [5.41, 5.74) is 2.75. The molecule has 1 N–H and O–H groups in total. The van der Waals surface area contributed by atoms with Gasteiger partial charge in [-0.05, 0) is 30.2 Å². The molecule has 1 fully saturated rings. The molecule has 27 heavy (non-hydrogen) atoms. The molecular formula is C21H24N2O3S. The molecule has 0 aliphatic carbocycles. The lowest BCUT2D eigenvalue weighted by atomic mass is 10.1. The fourth-order valence-electron chi connectivity index (χ4n) is 3.08. The summed E-state index contributed by atoms with van der Waals surface area (Å²) in [6.07, 6.45) is 0. The molecule has 2 amide bonds. The fraction of sp³-hybridized carbons (Fsp3) is 0.333. The first kappa shape index (κ1) is 19.5. The maximum atomic E-state index is 12.3. The van der Waals surface area contributed by atoms with Gasteiger partial charge in [-0.15, -0.1) is 11.8 Å². The maximum Gasteiger partial charge on any atom is 0.251 e. The van der Waals surface area contributed by atoms with E-state index in [9.17, 15) is 9.59 Å². The fourth-order valence-corrected chi connectivity index (χ4v) is 4.27. The van der Waals surface area contributed by atoms with Crippen LogP contribution >= 0.6 is 11.8 Å². The number of rotatable bonds is 7. The van der Waals surface area contributed by atoms with E-state index in [1.54, 1.807) is 18.9 Å². The van der Waals surface area contributed by atoms with Gasteiger partial charge in [0.2, 0.25) is 5.91 Å². The van der Waals surface area contributed by atoms with Crippen LogP contribution in [-0.2, 0) is 16.1 Å². The molecule has 0 unspecified atom stereocenters. The average molecular weight is 385 g/mol. The number of nitrogens with one attached hydrogen (secondary N) is 1. The van der Waals surface area contributed by atoms with E-state index in [2.05, 4.69) is 5.32 Å². The molecule has 0 radical (unpaired) electrons. The number of hydrogen-bond acceptors (Lipinski definition) is 4. The SMILES string of the molecule is COC[C@@H](C)NC(=O)c1ccc([C@H]2SCC(=O)N2Cc2ccccc2)cc1. The molecule has 1 heterocycles. The van der Waals surface area contributed by atoms with Gasteiger partial charge in [-0.25, -0.2) is 0 Å². The predicted molar refractivity (Wildman–Crippen MR) is 107 cm³/mol. The Bertz CT molecular complexity index is 780. The minimum Gasteiger partial charge on any atom is -0.383 e. The quantitative estimate of drug-likeness (QED) is 0.796. The van der Waals surface area contributed by atoms with Gasteiger partial charge in [-0.2, -0.15) is 0 Å². The molecule has 1 saturated heterocycles. The summed E-state index contributed by atoms with van der Waals surface area (Å²) in [6.45, 7) is 2.96. The number of amides is 2. The monoisotopic (exact) mass is 384 g/mol. The van der Waals surface area contributed by atoms with Crippen LogP contribution in [0.15, 0.2) is 54.6 Å². The third kappa shape index (κ3) is 4.90. The lowest BCUT2D eigenvalue weighted by Crippen LogP contribution is -2.35. The molecule has 0 saturated carbocycles. The van der Waals surface area contributed by atoms with Crippen LogP contribution in [-0.4, -0.2) is 42.2 Å².